The van der Waals surface area contributed by atoms with Crippen molar-refractivity contribution in [2.45, 2.75) is 27.2 Å². The highest BCUT2D eigenvalue weighted by Crippen LogP contribution is 2.25. The largest absolute Gasteiger partial charge is 0.360 e. The van der Waals surface area contributed by atoms with Gasteiger partial charge >= 0.3 is 0 Å². The molecule has 2 nitrogen and oxygen atoms in total. The molecule has 2 heteroatoms. The molecule has 1 aromatic heterocycles. The van der Waals surface area contributed by atoms with Crippen LogP contribution in [0.5, 0.6) is 0 Å². The van der Waals surface area contributed by atoms with E-state index in [0.717, 1.165) is 17.8 Å². The van der Waals surface area contributed by atoms with Crippen LogP contribution in [0.15, 0.2) is 54.4 Å². The zero-order valence-electron chi connectivity index (χ0n) is 12.5. The van der Waals surface area contributed by atoms with Crippen LogP contribution in [0.1, 0.15) is 32.0 Å². The van der Waals surface area contributed by atoms with Gasteiger partial charge in [-0.15, -0.1) is 0 Å². The summed E-state index contributed by atoms with van der Waals surface area (Å²) in [5.41, 5.74) is 5.72. The number of para-hydroxylation sites is 1. The average Bonchev–Trinajstić information content (AvgIpc) is 2.77. The molecule has 0 radical (unpaired) electrons. The van der Waals surface area contributed by atoms with E-state index >= 15 is 0 Å². The van der Waals surface area contributed by atoms with Crippen LogP contribution in [-0.2, 0) is 6.42 Å². The van der Waals surface area contributed by atoms with Gasteiger partial charge in [-0.2, -0.15) is 0 Å². The molecule has 1 aromatic carbocycles. The highest BCUT2D eigenvalue weighted by atomic mass is 14.9. The van der Waals surface area contributed by atoms with Gasteiger partial charge in [-0.3, -0.25) is 0 Å². The highest BCUT2D eigenvalue weighted by Gasteiger charge is 2.07. The molecule has 0 saturated heterocycles. The van der Waals surface area contributed by atoms with Gasteiger partial charge in [0.2, 0.25) is 0 Å². The molecule has 0 atom stereocenters. The molecular weight excluding hydrogens is 244 g/mol. The maximum Gasteiger partial charge on any atom is 0.0462 e. The Balaban J connectivity index is 2.39. The molecule has 0 aliphatic carbocycles. The number of hydrogen-bond donors (Lipinski definition) is 2. The number of nitrogens with one attached hydrogen (secondary N) is 2. The van der Waals surface area contributed by atoms with E-state index < -0.39 is 0 Å². The van der Waals surface area contributed by atoms with Crippen LogP contribution in [0.25, 0.3) is 17.0 Å². The Labute approximate surface area is 120 Å². The minimum absolute atomic E-state index is 0.902. The fourth-order valence-electron chi connectivity index (χ4n) is 2.41. The van der Waals surface area contributed by atoms with E-state index in [1.807, 2.05) is 19.1 Å². The zero-order chi connectivity index (χ0) is 14.5. The number of fused-ring (bicyclic) bond motifs is 1. The number of aromatic amines is 1. The second kappa shape index (κ2) is 6.29. The van der Waals surface area contributed by atoms with Gasteiger partial charge in [0, 0.05) is 33.6 Å². The topological polar surface area (TPSA) is 27.8 Å². The zero-order valence-corrected chi connectivity index (χ0v) is 12.5. The minimum atomic E-state index is 0.902. The molecule has 0 fully saturated rings. The number of allylic oxidation sites excluding steroid dienone is 3. The Morgan fingerprint density at radius 2 is 2.10 bits per heavy atom. The number of aryl methyl sites for hydroxylation is 1. The average molecular weight is 266 g/mol. The van der Waals surface area contributed by atoms with Gasteiger partial charge in [-0.1, -0.05) is 37.8 Å². The van der Waals surface area contributed by atoms with E-state index in [1.165, 1.54) is 22.2 Å². The fraction of sp³-hybridized carbons (Fsp3) is 0.222. The second-order valence-corrected chi connectivity index (χ2v) is 4.89. The monoisotopic (exact) mass is 266 g/mol. The van der Waals surface area contributed by atoms with Crippen molar-refractivity contribution in [3.05, 3.63) is 65.6 Å². The summed E-state index contributed by atoms with van der Waals surface area (Å²) in [5.74, 6) is 0. The van der Waals surface area contributed by atoms with Gasteiger partial charge in [0.05, 0.1) is 0 Å². The Hall–Kier alpha value is -2.22. The lowest BCUT2D eigenvalue weighted by molar-refractivity contribution is 1.02. The van der Waals surface area contributed by atoms with Gasteiger partial charge in [0.1, 0.15) is 0 Å². The summed E-state index contributed by atoms with van der Waals surface area (Å²) in [4.78, 5) is 3.49. The van der Waals surface area contributed by atoms with Crippen molar-refractivity contribution < 1.29 is 0 Å². The number of aromatic nitrogens is 1. The number of rotatable bonds is 5. The molecule has 0 aliphatic heterocycles. The molecule has 2 aromatic rings. The molecule has 0 aliphatic rings. The van der Waals surface area contributed by atoms with Gasteiger partial charge in [0.25, 0.3) is 0 Å². The number of hydrogen-bond acceptors (Lipinski definition) is 1. The lowest BCUT2D eigenvalue weighted by Crippen LogP contribution is -2.07. The first kappa shape index (κ1) is 14.2. The van der Waals surface area contributed by atoms with E-state index in [4.69, 9.17) is 0 Å². The van der Waals surface area contributed by atoms with Crippen LogP contribution in [0.4, 0.5) is 0 Å². The lowest BCUT2D eigenvalue weighted by atomic mass is 10.1. The molecule has 2 N–H and O–H groups in total. The Kier molecular flexibility index (Phi) is 4.46. The molecule has 0 spiro atoms. The van der Waals surface area contributed by atoms with E-state index in [1.54, 1.807) is 0 Å². The number of benzene rings is 1. The summed E-state index contributed by atoms with van der Waals surface area (Å²) >= 11 is 0. The summed E-state index contributed by atoms with van der Waals surface area (Å²) in [5, 5.41) is 4.57. The molecular formula is C18H22N2. The summed E-state index contributed by atoms with van der Waals surface area (Å²) in [6.45, 7) is 10.2. The fourth-order valence-corrected chi connectivity index (χ4v) is 2.41. The molecule has 0 saturated carbocycles. The minimum Gasteiger partial charge on any atom is -0.360 e. The molecule has 0 bridgehead atoms. The third-order valence-corrected chi connectivity index (χ3v) is 3.27. The molecule has 0 unspecified atom stereocenters. The third-order valence-electron chi connectivity index (χ3n) is 3.27. The standard InChI is InChI=1S/C18H22N2/c1-5-9-13(3)19-14(4)12-16-15-10-7-8-11-18(15)20-17(16)6-2/h5,7-12,19-20H,3,6H2,1-2,4H3/b9-5-,14-12+. The van der Waals surface area contributed by atoms with Crippen molar-refractivity contribution in [1.82, 2.24) is 10.3 Å². The van der Waals surface area contributed by atoms with Crippen LogP contribution in [0.3, 0.4) is 0 Å². The molecule has 20 heavy (non-hydrogen) atoms. The van der Waals surface area contributed by atoms with Crippen molar-refractivity contribution in [3.8, 4) is 0 Å². The Bertz CT molecular complexity index is 672. The van der Waals surface area contributed by atoms with Gasteiger partial charge < -0.3 is 10.3 Å². The van der Waals surface area contributed by atoms with Crippen LogP contribution in [0, 0.1) is 0 Å². The van der Waals surface area contributed by atoms with Crippen molar-refractivity contribution in [2.24, 2.45) is 0 Å². The third kappa shape index (κ3) is 3.02. The van der Waals surface area contributed by atoms with E-state index in [9.17, 15) is 0 Å². The highest BCUT2D eigenvalue weighted by molar-refractivity contribution is 5.90. The maximum absolute atomic E-state index is 3.97. The van der Waals surface area contributed by atoms with Crippen molar-refractivity contribution in [3.63, 3.8) is 0 Å². The first-order chi connectivity index (χ1) is 9.65. The predicted octanol–water partition coefficient (Wildman–Crippen LogP) is 4.77. The second-order valence-electron chi connectivity index (χ2n) is 4.89. The molecule has 1 heterocycles. The van der Waals surface area contributed by atoms with Crippen molar-refractivity contribution >= 4 is 17.0 Å². The SMILES string of the molecule is C=C(/C=C\C)N/C(C)=C/c1c(CC)[nH]c2ccccc12. The summed E-state index contributed by atoms with van der Waals surface area (Å²) in [6, 6.07) is 8.41. The predicted molar refractivity (Wildman–Crippen MR) is 88.4 cm³/mol. The van der Waals surface area contributed by atoms with Gasteiger partial charge in [0.15, 0.2) is 0 Å². The van der Waals surface area contributed by atoms with Crippen LogP contribution < -0.4 is 5.32 Å². The first-order valence-corrected chi connectivity index (χ1v) is 7.02. The van der Waals surface area contributed by atoms with Crippen LogP contribution >= 0.6 is 0 Å². The quantitative estimate of drug-likeness (QED) is 0.749. The lowest BCUT2D eigenvalue weighted by Gasteiger charge is -2.06. The Morgan fingerprint density at radius 1 is 1.35 bits per heavy atom. The van der Waals surface area contributed by atoms with E-state index in [0.29, 0.717) is 0 Å². The maximum atomic E-state index is 3.97. The smallest absolute Gasteiger partial charge is 0.0462 e. The Morgan fingerprint density at radius 3 is 2.80 bits per heavy atom. The number of H-pyrrole nitrogens is 1. The van der Waals surface area contributed by atoms with E-state index in [-0.39, 0.29) is 0 Å². The molecule has 2 rings (SSSR count). The van der Waals surface area contributed by atoms with Gasteiger partial charge in [-0.05, 0) is 38.5 Å². The molecule has 104 valence electrons. The van der Waals surface area contributed by atoms with Crippen molar-refractivity contribution in [1.29, 1.82) is 0 Å². The first-order valence-electron chi connectivity index (χ1n) is 7.02. The summed E-state index contributed by atoms with van der Waals surface area (Å²) in [7, 11) is 0. The summed E-state index contributed by atoms with van der Waals surface area (Å²) in [6.07, 6.45) is 7.12. The van der Waals surface area contributed by atoms with Crippen LogP contribution in [-0.4, -0.2) is 4.98 Å². The van der Waals surface area contributed by atoms with Gasteiger partial charge in [-0.25, -0.2) is 0 Å². The normalized spacial score (nSPS) is 12.2. The van der Waals surface area contributed by atoms with Crippen molar-refractivity contribution in [2.75, 3.05) is 0 Å². The molecule has 0 amide bonds. The van der Waals surface area contributed by atoms with Crippen LogP contribution in [0.2, 0.25) is 0 Å². The summed E-state index contributed by atoms with van der Waals surface area (Å²) < 4.78 is 0. The van der Waals surface area contributed by atoms with E-state index in [2.05, 4.69) is 61.1 Å².